The fourth-order valence-corrected chi connectivity index (χ4v) is 7.68. The van der Waals surface area contributed by atoms with E-state index in [1.165, 1.54) is 31.5 Å². The Morgan fingerprint density at radius 3 is 1.80 bits per heavy atom. The van der Waals surface area contributed by atoms with E-state index in [0.717, 1.165) is 12.8 Å². The number of ether oxygens (including phenoxy) is 2. The molecule has 318 valence electrons. The van der Waals surface area contributed by atoms with Crippen LogP contribution in [0.3, 0.4) is 0 Å². The first-order chi connectivity index (χ1) is 27.5. The molecule has 7 rings (SSSR count). The van der Waals surface area contributed by atoms with Gasteiger partial charge in [-0.05, 0) is 85.8 Å². The first-order valence-electron chi connectivity index (χ1n) is 17.8. The van der Waals surface area contributed by atoms with Crippen molar-refractivity contribution in [3.8, 4) is 5.75 Å². The summed E-state index contributed by atoms with van der Waals surface area (Å²) < 4.78 is 174. The van der Waals surface area contributed by atoms with Crippen molar-refractivity contribution in [1.82, 2.24) is 9.88 Å². The minimum atomic E-state index is -5.22. The van der Waals surface area contributed by atoms with Crippen molar-refractivity contribution in [2.24, 2.45) is 11.8 Å². The molecule has 21 heteroatoms. The molecule has 4 heterocycles. The molecule has 1 aromatic heterocycles. The van der Waals surface area contributed by atoms with Crippen LogP contribution in [0, 0.1) is 11.8 Å². The summed E-state index contributed by atoms with van der Waals surface area (Å²) in [5.74, 6) is 0.289. The molecule has 5 atom stereocenters. The standard InChI is InChI=1S/C38H33F12N5O4/c1-3-18-17-55-9-7-19(18)10-28(55)32(59-34(57)53-25-15-22(37(45,46)47)12-23(16-25)38(48,49)50)26-6-8-51-27-4-5-29(58-2)31(30(26)27)54-33(56)52-24-13-20(35(39,40)41)11-21(14-24)36(42,43)44/h4-6,8,11-16,18-19,28,32H,3,7,9-10,17H2,1-2H3,(H,53,57)(H2,52,54,56)/t18-,19-,28+,32-/m0/s1. The van der Waals surface area contributed by atoms with Gasteiger partial charge in [0.15, 0.2) is 0 Å². The van der Waals surface area contributed by atoms with E-state index in [1.807, 2.05) is 22.5 Å². The molecule has 3 aliphatic heterocycles. The average Bonchev–Trinajstić information content (AvgIpc) is 3.15. The van der Waals surface area contributed by atoms with Gasteiger partial charge in [0.25, 0.3) is 0 Å². The van der Waals surface area contributed by atoms with Gasteiger partial charge < -0.3 is 20.1 Å². The highest BCUT2D eigenvalue weighted by Gasteiger charge is 2.45. The molecule has 3 N–H and O–H groups in total. The van der Waals surface area contributed by atoms with Gasteiger partial charge in [-0.2, -0.15) is 52.7 Å². The number of rotatable bonds is 8. The average molecular weight is 852 g/mol. The number of fused-ring (bicyclic) bond motifs is 4. The van der Waals surface area contributed by atoms with Crippen LogP contribution in [0.15, 0.2) is 60.8 Å². The molecule has 4 aromatic rings. The van der Waals surface area contributed by atoms with Crippen molar-refractivity contribution < 1.29 is 71.7 Å². The van der Waals surface area contributed by atoms with Crippen molar-refractivity contribution in [1.29, 1.82) is 0 Å². The number of carbonyl (C=O) groups excluding carboxylic acids is 2. The summed E-state index contributed by atoms with van der Waals surface area (Å²) >= 11 is 0. The van der Waals surface area contributed by atoms with Crippen molar-refractivity contribution in [3.05, 3.63) is 88.6 Å². The van der Waals surface area contributed by atoms with Gasteiger partial charge in [-0.25, -0.2) is 9.59 Å². The summed E-state index contributed by atoms with van der Waals surface area (Å²) in [6.45, 7) is 3.08. The van der Waals surface area contributed by atoms with Gasteiger partial charge in [-0.3, -0.25) is 15.2 Å². The van der Waals surface area contributed by atoms with Crippen molar-refractivity contribution >= 4 is 40.1 Å². The predicted octanol–water partition coefficient (Wildman–Crippen LogP) is 11.4. The third kappa shape index (κ3) is 9.55. The lowest BCUT2D eigenvalue weighted by Gasteiger charge is -2.51. The number of amides is 3. The van der Waals surface area contributed by atoms with Crippen LogP contribution < -0.4 is 20.7 Å². The molecular formula is C38H33F12N5O4. The van der Waals surface area contributed by atoms with Crippen LogP contribution in [0.25, 0.3) is 10.9 Å². The molecule has 59 heavy (non-hydrogen) atoms. The molecule has 0 aliphatic carbocycles. The van der Waals surface area contributed by atoms with Crippen LogP contribution in [0.2, 0.25) is 0 Å². The van der Waals surface area contributed by atoms with E-state index in [-0.39, 0.29) is 51.9 Å². The summed E-state index contributed by atoms with van der Waals surface area (Å²) in [5, 5.41) is 6.37. The van der Waals surface area contributed by atoms with Gasteiger partial charge in [0.1, 0.15) is 11.9 Å². The number of methoxy groups -OCH3 is 1. The number of nitrogens with zero attached hydrogens (tertiary/aromatic N) is 2. The van der Waals surface area contributed by atoms with Crippen LogP contribution in [0.5, 0.6) is 5.75 Å². The molecule has 3 aromatic carbocycles. The molecule has 9 nitrogen and oxygen atoms in total. The van der Waals surface area contributed by atoms with E-state index in [4.69, 9.17) is 9.47 Å². The van der Waals surface area contributed by atoms with Gasteiger partial charge in [0.2, 0.25) is 0 Å². The van der Waals surface area contributed by atoms with Gasteiger partial charge in [-0.1, -0.05) is 13.3 Å². The van der Waals surface area contributed by atoms with E-state index in [0.29, 0.717) is 43.8 Å². The van der Waals surface area contributed by atoms with Crippen molar-refractivity contribution in [3.63, 3.8) is 0 Å². The van der Waals surface area contributed by atoms with Crippen LogP contribution >= 0.6 is 0 Å². The number of urea groups is 1. The number of halogens is 12. The number of pyridine rings is 1. The Balaban J connectivity index is 1.42. The summed E-state index contributed by atoms with van der Waals surface area (Å²) in [7, 11) is 1.19. The number of hydrogen-bond donors (Lipinski definition) is 3. The molecule has 3 aliphatic rings. The SMILES string of the molecule is CC[C@H]1CN2CC[C@H]1C[C@@H]2[C@@H](OC(=O)Nc1cc(C(F)(F)F)cc(C(F)(F)F)c1)c1ccnc2ccc(OC)c(NC(=O)Nc3cc(C(F)(F)F)cc(C(F)(F)F)c3)c12. The van der Waals surface area contributed by atoms with Crippen LogP contribution in [-0.4, -0.2) is 48.2 Å². The maximum absolute atomic E-state index is 13.6. The monoisotopic (exact) mass is 851 g/mol. The smallest absolute Gasteiger partial charge is 0.416 e. The minimum absolute atomic E-state index is 0.0212. The van der Waals surface area contributed by atoms with Gasteiger partial charge >= 0.3 is 36.8 Å². The highest BCUT2D eigenvalue weighted by molar-refractivity contribution is 6.08. The van der Waals surface area contributed by atoms with Crippen LogP contribution in [0.4, 0.5) is 79.3 Å². The lowest BCUT2D eigenvalue weighted by atomic mass is 9.72. The van der Waals surface area contributed by atoms with Gasteiger partial charge in [0, 0.05) is 35.1 Å². The molecule has 0 spiro atoms. The largest absolute Gasteiger partial charge is 0.495 e. The fourth-order valence-electron chi connectivity index (χ4n) is 7.68. The minimum Gasteiger partial charge on any atom is -0.495 e. The van der Waals surface area contributed by atoms with E-state index in [1.54, 1.807) is 0 Å². The zero-order valence-corrected chi connectivity index (χ0v) is 30.7. The first kappa shape index (κ1) is 43.1. The zero-order valence-electron chi connectivity index (χ0n) is 30.7. The summed E-state index contributed by atoms with van der Waals surface area (Å²) in [5.41, 5.74) is -8.53. The molecule has 0 radical (unpaired) electrons. The molecular weight excluding hydrogens is 818 g/mol. The normalized spacial score (nSPS) is 20.2. The van der Waals surface area contributed by atoms with E-state index < -0.39 is 82.6 Å². The molecule has 3 amide bonds. The Kier molecular flexibility index (Phi) is 11.7. The number of piperidine rings is 3. The second-order valence-electron chi connectivity index (χ2n) is 14.1. The summed E-state index contributed by atoms with van der Waals surface area (Å²) in [6, 6.07) is 3.16. The van der Waals surface area contributed by atoms with Crippen molar-refractivity contribution in [2.45, 2.75) is 63.0 Å². The Hall–Kier alpha value is -5.47. The number of hydrogen-bond acceptors (Lipinski definition) is 6. The molecule has 3 saturated heterocycles. The predicted molar refractivity (Wildman–Crippen MR) is 189 cm³/mol. The van der Waals surface area contributed by atoms with Crippen molar-refractivity contribution in [2.75, 3.05) is 36.1 Å². The fraction of sp³-hybridized carbons (Fsp3) is 0.395. The topological polar surface area (TPSA) is 105 Å². The first-order valence-corrected chi connectivity index (χ1v) is 17.8. The maximum Gasteiger partial charge on any atom is 0.416 e. The van der Waals surface area contributed by atoms with E-state index in [2.05, 4.69) is 10.3 Å². The maximum atomic E-state index is 13.6. The van der Waals surface area contributed by atoms with Crippen LogP contribution in [-0.2, 0) is 29.4 Å². The van der Waals surface area contributed by atoms with Gasteiger partial charge in [-0.15, -0.1) is 0 Å². The number of carbonyl (C=O) groups is 2. The van der Waals surface area contributed by atoms with Crippen LogP contribution in [0.1, 0.15) is 60.1 Å². The third-order valence-corrected chi connectivity index (χ3v) is 10.4. The summed E-state index contributed by atoms with van der Waals surface area (Å²) in [6.07, 6.45) is -20.4. The Labute approximate surface area is 327 Å². The second kappa shape index (κ2) is 15.9. The number of alkyl halides is 12. The highest BCUT2D eigenvalue weighted by atomic mass is 19.4. The quantitative estimate of drug-likeness (QED) is 0.153. The lowest BCUT2D eigenvalue weighted by molar-refractivity contribution is -0.144. The Bertz CT molecular complexity index is 2160. The highest BCUT2D eigenvalue weighted by Crippen LogP contribution is 2.47. The number of benzene rings is 3. The lowest BCUT2D eigenvalue weighted by Crippen LogP contribution is -2.55. The molecule has 2 bridgehead atoms. The van der Waals surface area contributed by atoms with E-state index >= 15 is 0 Å². The Morgan fingerprint density at radius 2 is 1.32 bits per heavy atom. The number of anilines is 3. The Morgan fingerprint density at radius 1 is 0.780 bits per heavy atom. The van der Waals surface area contributed by atoms with E-state index in [9.17, 15) is 62.3 Å². The number of aromatic nitrogens is 1. The molecule has 1 unspecified atom stereocenters. The summed E-state index contributed by atoms with van der Waals surface area (Å²) in [4.78, 5) is 33.4. The molecule has 0 saturated carbocycles. The molecule has 3 fully saturated rings. The van der Waals surface area contributed by atoms with Gasteiger partial charge in [0.05, 0.1) is 46.6 Å². The third-order valence-electron chi connectivity index (χ3n) is 10.4. The number of nitrogens with one attached hydrogen (secondary N) is 3. The second-order valence-corrected chi connectivity index (χ2v) is 14.1. The zero-order chi connectivity index (χ0) is 43.2.